The van der Waals surface area contributed by atoms with Gasteiger partial charge in [-0.05, 0) is 29.6 Å². The number of rotatable bonds is 1. The third kappa shape index (κ3) is 1.47. The van der Waals surface area contributed by atoms with E-state index in [9.17, 15) is 10.4 Å². The van der Waals surface area contributed by atoms with Crippen LogP contribution in [-0.4, -0.2) is 20.0 Å². The second-order valence-electron chi connectivity index (χ2n) is 3.24. The van der Waals surface area contributed by atoms with Crippen LogP contribution in [0.2, 0.25) is 0 Å². The van der Waals surface area contributed by atoms with E-state index in [1.807, 2.05) is 0 Å². The SMILES string of the molecule is Cc1cc(C)n(-c2n[n+]([O-])c(N)[n+]([O-])n2)n1. The Morgan fingerprint density at radius 2 is 1.81 bits per heavy atom. The molecular formula is C7H9N7O2. The van der Waals surface area contributed by atoms with Crippen LogP contribution in [0, 0.1) is 24.3 Å². The van der Waals surface area contributed by atoms with Gasteiger partial charge < -0.3 is 10.4 Å². The van der Waals surface area contributed by atoms with Crippen molar-refractivity contribution in [2.45, 2.75) is 13.8 Å². The van der Waals surface area contributed by atoms with Gasteiger partial charge in [-0.25, -0.2) is 5.73 Å². The Morgan fingerprint density at radius 3 is 2.25 bits per heavy atom. The Labute approximate surface area is 89.9 Å². The van der Waals surface area contributed by atoms with Gasteiger partial charge in [-0.15, -0.1) is 0 Å². The van der Waals surface area contributed by atoms with E-state index in [1.165, 1.54) is 4.68 Å². The minimum Gasteiger partial charge on any atom is -0.654 e. The molecule has 2 aromatic heterocycles. The van der Waals surface area contributed by atoms with Crippen LogP contribution >= 0.6 is 0 Å². The van der Waals surface area contributed by atoms with Gasteiger partial charge in [-0.1, -0.05) is 0 Å². The number of nitrogens with zero attached hydrogens (tertiary/aromatic N) is 6. The Kier molecular flexibility index (Phi) is 2.07. The lowest BCUT2D eigenvalue weighted by atomic mass is 10.4. The third-order valence-corrected chi connectivity index (χ3v) is 1.95. The molecule has 0 aromatic carbocycles. The summed E-state index contributed by atoms with van der Waals surface area (Å²) in [5.74, 6) is -0.755. The lowest BCUT2D eigenvalue weighted by Gasteiger charge is -2.04. The quantitative estimate of drug-likeness (QED) is 0.446. The first-order chi connectivity index (χ1) is 7.49. The fourth-order valence-electron chi connectivity index (χ4n) is 1.27. The Hall–Kier alpha value is -2.45. The molecule has 0 spiro atoms. The van der Waals surface area contributed by atoms with Crippen LogP contribution in [-0.2, 0) is 0 Å². The van der Waals surface area contributed by atoms with Gasteiger partial charge in [0.2, 0.25) is 0 Å². The standard InChI is InChI=1S/C7H9N7O2/c1-4-3-5(2)12(9-4)7-10-13(15)6(8)14(16)11-7/h3H,8H2,1-2H3. The molecule has 2 heterocycles. The molecule has 2 aromatic rings. The van der Waals surface area contributed by atoms with Crippen molar-refractivity contribution in [2.75, 3.05) is 5.73 Å². The van der Waals surface area contributed by atoms with Crippen molar-refractivity contribution in [3.63, 3.8) is 0 Å². The molecule has 2 rings (SSSR count). The van der Waals surface area contributed by atoms with Crippen LogP contribution in [0.15, 0.2) is 6.07 Å². The maximum Gasteiger partial charge on any atom is 0.581 e. The normalized spacial score (nSPS) is 10.6. The monoisotopic (exact) mass is 223 g/mol. The van der Waals surface area contributed by atoms with E-state index in [1.54, 1.807) is 19.9 Å². The lowest BCUT2D eigenvalue weighted by molar-refractivity contribution is -0.781. The predicted octanol–water partition coefficient (Wildman–Crippen LogP) is -1.87. The van der Waals surface area contributed by atoms with E-state index in [0.717, 1.165) is 5.69 Å². The molecule has 2 N–H and O–H groups in total. The van der Waals surface area contributed by atoms with E-state index >= 15 is 0 Å². The van der Waals surface area contributed by atoms with Crippen molar-refractivity contribution in [2.24, 2.45) is 0 Å². The van der Waals surface area contributed by atoms with Crippen molar-refractivity contribution >= 4 is 5.95 Å². The minimum atomic E-state index is -0.634. The van der Waals surface area contributed by atoms with Gasteiger partial charge >= 0.3 is 11.9 Å². The molecule has 0 atom stereocenters. The van der Waals surface area contributed by atoms with Crippen molar-refractivity contribution in [1.29, 1.82) is 0 Å². The first kappa shape index (κ1) is 10.1. The molecule has 0 bridgehead atoms. The highest BCUT2D eigenvalue weighted by atomic mass is 16.5. The summed E-state index contributed by atoms with van der Waals surface area (Å²) in [6.45, 7) is 3.53. The summed E-state index contributed by atoms with van der Waals surface area (Å²) < 4.78 is 1.29. The van der Waals surface area contributed by atoms with Crippen LogP contribution in [0.4, 0.5) is 5.95 Å². The zero-order valence-electron chi connectivity index (χ0n) is 8.65. The molecule has 0 aliphatic rings. The molecule has 16 heavy (non-hydrogen) atoms. The molecule has 0 aliphatic carbocycles. The van der Waals surface area contributed by atoms with Crippen LogP contribution in [0.25, 0.3) is 5.95 Å². The molecule has 0 amide bonds. The highest BCUT2D eigenvalue weighted by Gasteiger charge is 2.18. The van der Waals surface area contributed by atoms with Gasteiger partial charge in [0.15, 0.2) is 0 Å². The smallest absolute Gasteiger partial charge is 0.581 e. The molecular weight excluding hydrogens is 214 g/mol. The van der Waals surface area contributed by atoms with Gasteiger partial charge in [0, 0.05) is 15.9 Å². The van der Waals surface area contributed by atoms with Crippen molar-refractivity contribution in [3.8, 4) is 5.95 Å². The Bertz CT molecular complexity index is 527. The number of anilines is 1. The first-order valence-corrected chi connectivity index (χ1v) is 4.40. The van der Waals surface area contributed by atoms with Gasteiger partial charge in [-0.2, -0.15) is 9.78 Å². The van der Waals surface area contributed by atoms with Gasteiger partial charge in [0.05, 0.1) is 5.69 Å². The van der Waals surface area contributed by atoms with Crippen LogP contribution < -0.4 is 15.4 Å². The van der Waals surface area contributed by atoms with Crippen LogP contribution in [0.5, 0.6) is 0 Å². The molecule has 0 unspecified atom stereocenters. The number of nitrogens with two attached hydrogens (primary N) is 1. The summed E-state index contributed by atoms with van der Waals surface area (Å²) in [5.41, 5.74) is 6.56. The fourth-order valence-corrected chi connectivity index (χ4v) is 1.27. The van der Waals surface area contributed by atoms with Gasteiger partial charge in [0.25, 0.3) is 0 Å². The number of hydrogen-bond acceptors (Lipinski definition) is 6. The van der Waals surface area contributed by atoms with Gasteiger partial charge in [0.1, 0.15) is 0 Å². The third-order valence-electron chi connectivity index (χ3n) is 1.95. The zero-order valence-corrected chi connectivity index (χ0v) is 8.65. The van der Waals surface area contributed by atoms with Crippen LogP contribution in [0.1, 0.15) is 11.4 Å². The topological polar surface area (TPSA) is 124 Å². The van der Waals surface area contributed by atoms with E-state index < -0.39 is 5.95 Å². The molecule has 0 saturated carbocycles. The highest BCUT2D eigenvalue weighted by molar-refractivity contribution is 5.15. The molecule has 84 valence electrons. The van der Waals surface area contributed by atoms with Crippen LogP contribution in [0.3, 0.4) is 0 Å². The molecule has 0 saturated heterocycles. The second-order valence-corrected chi connectivity index (χ2v) is 3.24. The first-order valence-electron chi connectivity index (χ1n) is 4.40. The number of aromatic nitrogens is 6. The summed E-state index contributed by atoms with van der Waals surface area (Å²) in [5, 5.41) is 33.3. The lowest BCUT2D eigenvalue weighted by Crippen LogP contribution is -2.51. The molecule has 9 heteroatoms. The molecule has 0 fully saturated rings. The number of hydrogen-bond donors (Lipinski definition) is 1. The van der Waals surface area contributed by atoms with Crippen molar-refractivity contribution in [3.05, 3.63) is 27.9 Å². The number of nitrogen functional groups attached to an aromatic ring is 1. The van der Waals surface area contributed by atoms with E-state index in [0.29, 0.717) is 5.69 Å². The van der Waals surface area contributed by atoms with E-state index in [2.05, 4.69) is 15.3 Å². The highest BCUT2D eigenvalue weighted by Crippen LogP contribution is 2.04. The Morgan fingerprint density at radius 1 is 1.25 bits per heavy atom. The minimum absolute atomic E-state index is 0.00574. The van der Waals surface area contributed by atoms with Crippen molar-refractivity contribution in [1.82, 2.24) is 20.0 Å². The summed E-state index contributed by atoms with van der Waals surface area (Å²) >= 11 is 0. The number of aryl methyl sites for hydroxylation is 2. The summed E-state index contributed by atoms with van der Waals surface area (Å²) in [4.78, 5) is 0.0115. The molecule has 0 radical (unpaired) electrons. The maximum absolute atomic E-state index is 11.1. The van der Waals surface area contributed by atoms with Gasteiger partial charge in [-0.3, -0.25) is 0 Å². The largest absolute Gasteiger partial charge is 0.654 e. The maximum atomic E-state index is 11.1. The molecule has 9 nitrogen and oxygen atoms in total. The zero-order chi connectivity index (χ0) is 11.9. The summed E-state index contributed by atoms with van der Waals surface area (Å²) in [6.07, 6.45) is 0. The van der Waals surface area contributed by atoms with E-state index in [4.69, 9.17) is 5.73 Å². The Balaban J connectivity index is 2.61. The van der Waals surface area contributed by atoms with E-state index in [-0.39, 0.29) is 15.6 Å². The average Bonchev–Trinajstić information content (AvgIpc) is 2.53. The summed E-state index contributed by atoms with van der Waals surface area (Å²) in [7, 11) is 0. The average molecular weight is 223 g/mol. The predicted molar refractivity (Wildman–Crippen MR) is 51.0 cm³/mol. The second kappa shape index (κ2) is 3.29. The fraction of sp³-hybridized carbons (Fsp3) is 0.286. The van der Waals surface area contributed by atoms with Crippen molar-refractivity contribution < 1.29 is 9.69 Å². The summed E-state index contributed by atoms with van der Waals surface area (Å²) in [6, 6.07) is 1.77. The molecule has 0 aliphatic heterocycles.